The number of hydrogen-bond donors (Lipinski definition) is 2. The molecular formula is C20H24N2O2. The standard InChI is InChI=1S/C20H24N2O2/c1-15-4-2-6-17(10-15)14-24-19-7-3-5-16(11-19)12-20(23)22-18-8-9-21-13-18/h2-7,10-11,18,21H,8-9,12-14H2,1H3,(H,22,23). The van der Waals surface area contributed by atoms with Crippen molar-refractivity contribution in [2.24, 2.45) is 0 Å². The van der Waals surface area contributed by atoms with Crippen molar-refractivity contribution in [2.45, 2.75) is 32.4 Å². The van der Waals surface area contributed by atoms with E-state index < -0.39 is 0 Å². The van der Waals surface area contributed by atoms with Crippen molar-refractivity contribution in [1.29, 1.82) is 0 Å². The van der Waals surface area contributed by atoms with Crippen molar-refractivity contribution in [3.8, 4) is 5.75 Å². The van der Waals surface area contributed by atoms with Crippen molar-refractivity contribution < 1.29 is 9.53 Å². The van der Waals surface area contributed by atoms with E-state index in [1.807, 2.05) is 30.3 Å². The van der Waals surface area contributed by atoms with Crippen LogP contribution in [0.15, 0.2) is 48.5 Å². The Morgan fingerprint density at radius 3 is 2.83 bits per heavy atom. The molecule has 1 fully saturated rings. The zero-order valence-corrected chi connectivity index (χ0v) is 14.0. The lowest BCUT2D eigenvalue weighted by atomic mass is 10.1. The maximum atomic E-state index is 12.1. The number of benzene rings is 2. The molecule has 1 unspecified atom stereocenters. The fraction of sp³-hybridized carbons (Fsp3) is 0.350. The minimum Gasteiger partial charge on any atom is -0.489 e. The van der Waals surface area contributed by atoms with Gasteiger partial charge in [-0.1, -0.05) is 42.0 Å². The summed E-state index contributed by atoms with van der Waals surface area (Å²) in [7, 11) is 0. The van der Waals surface area contributed by atoms with Gasteiger partial charge in [-0.3, -0.25) is 4.79 Å². The first kappa shape index (κ1) is 16.5. The molecule has 24 heavy (non-hydrogen) atoms. The minimum absolute atomic E-state index is 0.0690. The maximum Gasteiger partial charge on any atom is 0.224 e. The molecule has 0 saturated carbocycles. The van der Waals surface area contributed by atoms with E-state index in [1.54, 1.807) is 0 Å². The van der Waals surface area contributed by atoms with Crippen LogP contribution in [0.25, 0.3) is 0 Å². The molecule has 0 radical (unpaired) electrons. The SMILES string of the molecule is Cc1cccc(COc2cccc(CC(=O)NC3CCNC3)c2)c1. The van der Waals surface area contributed by atoms with Crippen LogP contribution in [-0.4, -0.2) is 25.0 Å². The number of carbonyl (C=O) groups is 1. The smallest absolute Gasteiger partial charge is 0.224 e. The molecule has 1 aliphatic rings. The van der Waals surface area contributed by atoms with E-state index in [2.05, 4.69) is 35.8 Å². The number of aryl methyl sites for hydroxylation is 1. The molecule has 0 spiro atoms. The predicted octanol–water partition coefficient (Wildman–Crippen LogP) is 2.59. The Kier molecular flexibility index (Phi) is 5.49. The van der Waals surface area contributed by atoms with E-state index in [4.69, 9.17) is 4.74 Å². The normalized spacial score (nSPS) is 16.8. The van der Waals surface area contributed by atoms with Crippen molar-refractivity contribution in [2.75, 3.05) is 13.1 Å². The second kappa shape index (κ2) is 7.97. The maximum absolute atomic E-state index is 12.1. The summed E-state index contributed by atoms with van der Waals surface area (Å²) in [6, 6.07) is 16.3. The van der Waals surface area contributed by atoms with Crippen molar-refractivity contribution >= 4 is 5.91 Å². The Balaban J connectivity index is 1.54. The van der Waals surface area contributed by atoms with E-state index in [0.717, 1.165) is 36.4 Å². The molecule has 3 rings (SSSR count). The van der Waals surface area contributed by atoms with Crippen LogP contribution in [0.2, 0.25) is 0 Å². The highest BCUT2D eigenvalue weighted by atomic mass is 16.5. The van der Waals surface area contributed by atoms with Gasteiger partial charge in [-0.2, -0.15) is 0 Å². The molecule has 2 aromatic carbocycles. The van der Waals surface area contributed by atoms with Crippen LogP contribution in [0.3, 0.4) is 0 Å². The molecule has 0 bridgehead atoms. The van der Waals surface area contributed by atoms with Gasteiger partial charge in [-0.15, -0.1) is 0 Å². The second-order valence-electron chi connectivity index (χ2n) is 6.36. The lowest BCUT2D eigenvalue weighted by Gasteiger charge is -2.12. The van der Waals surface area contributed by atoms with Crippen LogP contribution in [0.1, 0.15) is 23.1 Å². The topological polar surface area (TPSA) is 50.4 Å². The van der Waals surface area contributed by atoms with Gasteiger partial charge in [0.15, 0.2) is 0 Å². The number of hydrogen-bond acceptors (Lipinski definition) is 3. The molecule has 0 aromatic heterocycles. The Morgan fingerprint density at radius 2 is 2.04 bits per heavy atom. The zero-order chi connectivity index (χ0) is 16.8. The quantitative estimate of drug-likeness (QED) is 0.859. The summed E-state index contributed by atoms with van der Waals surface area (Å²) in [5.74, 6) is 0.865. The molecule has 1 saturated heterocycles. The van der Waals surface area contributed by atoms with E-state index >= 15 is 0 Å². The molecular weight excluding hydrogens is 300 g/mol. The third-order valence-electron chi connectivity index (χ3n) is 4.18. The first-order valence-corrected chi connectivity index (χ1v) is 8.46. The minimum atomic E-state index is 0.0690. The van der Waals surface area contributed by atoms with Crippen LogP contribution in [0.4, 0.5) is 0 Å². The number of carbonyl (C=O) groups excluding carboxylic acids is 1. The molecule has 1 amide bonds. The molecule has 0 aliphatic carbocycles. The number of ether oxygens (including phenoxy) is 1. The van der Waals surface area contributed by atoms with Crippen LogP contribution in [-0.2, 0) is 17.8 Å². The molecule has 2 aromatic rings. The van der Waals surface area contributed by atoms with Gasteiger partial charge in [0, 0.05) is 12.6 Å². The van der Waals surface area contributed by atoms with Crippen LogP contribution in [0, 0.1) is 6.92 Å². The summed E-state index contributed by atoms with van der Waals surface area (Å²) in [5.41, 5.74) is 3.34. The van der Waals surface area contributed by atoms with Gasteiger partial charge >= 0.3 is 0 Å². The summed E-state index contributed by atoms with van der Waals surface area (Å²) >= 11 is 0. The lowest BCUT2D eigenvalue weighted by Crippen LogP contribution is -2.37. The summed E-state index contributed by atoms with van der Waals surface area (Å²) in [4.78, 5) is 12.1. The Hall–Kier alpha value is -2.33. The second-order valence-corrected chi connectivity index (χ2v) is 6.36. The third-order valence-corrected chi connectivity index (χ3v) is 4.18. The van der Waals surface area contributed by atoms with E-state index in [1.165, 1.54) is 5.56 Å². The zero-order valence-electron chi connectivity index (χ0n) is 14.0. The average Bonchev–Trinajstić information content (AvgIpc) is 3.06. The Bertz CT molecular complexity index is 694. The summed E-state index contributed by atoms with van der Waals surface area (Å²) in [6.07, 6.45) is 1.39. The molecule has 126 valence electrons. The molecule has 1 aliphatic heterocycles. The monoisotopic (exact) mass is 324 g/mol. The Morgan fingerprint density at radius 1 is 1.21 bits per heavy atom. The number of nitrogens with one attached hydrogen (secondary N) is 2. The molecule has 4 nitrogen and oxygen atoms in total. The fourth-order valence-corrected chi connectivity index (χ4v) is 2.96. The van der Waals surface area contributed by atoms with Crippen molar-refractivity contribution in [1.82, 2.24) is 10.6 Å². The van der Waals surface area contributed by atoms with Gasteiger partial charge in [0.25, 0.3) is 0 Å². The summed E-state index contributed by atoms with van der Waals surface area (Å²) in [6.45, 7) is 4.45. The fourth-order valence-electron chi connectivity index (χ4n) is 2.96. The van der Waals surface area contributed by atoms with Gasteiger partial charge in [-0.05, 0) is 43.1 Å². The first-order chi connectivity index (χ1) is 11.7. The largest absolute Gasteiger partial charge is 0.489 e. The number of amides is 1. The lowest BCUT2D eigenvalue weighted by molar-refractivity contribution is -0.121. The van der Waals surface area contributed by atoms with Gasteiger partial charge < -0.3 is 15.4 Å². The first-order valence-electron chi connectivity index (χ1n) is 8.46. The van der Waals surface area contributed by atoms with Crippen molar-refractivity contribution in [3.63, 3.8) is 0 Å². The highest BCUT2D eigenvalue weighted by molar-refractivity contribution is 5.79. The molecule has 1 atom stereocenters. The highest BCUT2D eigenvalue weighted by Crippen LogP contribution is 2.16. The summed E-state index contributed by atoms with van der Waals surface area (Å²) in [5, 5.41) is 6.32. The van der Waals surface area contributed by atoms with E-state index in [9.17, 15) is 4.79 Å². The third kappa shape index (κ3) is 4.83. The predicted molar refractivity (Wildman–Crippen MR) is 95.1 cm³/mol. The van der Waals surface area contributed by atoms with Crippen LogP contribution < -0.4 is 15.4 Å². The van der Waals surface area contributed by atoms with Gasteiger partial charge in [0.2, 0.25) is 5.91 Å². The summed E-state index contributed by atoms with van der Waals surface area (Å²) < 4.78 is 5.86. The van der Waals surface area contributed by atoms with E-state index in [0.29, 0.717) is 13.0 Å². The highest BCUT2D eigenvalue weighted by Gasteiger charge is 2.16. The molecule has 2 N–H and O–H groups in total. The Labute approximate surface area is 143 Å². The van der Waals surface area contributed by atoms with Gasteiger partial charge in [-0.25, -0.2) is 0 Å². The van der Waals surface area contributed by atoms with Crippen LogP contribution in [0.5, 0.6) is 5.75 Å². The van der Waals surface area contributed by atoms with Crippen molar-refractivity contribution in [3.05, 3.63) is 65.2 Å². The van der Waals surface area contributed by atoms with Gasteiger partial charge in [0.1, 0.15) is 12.4 Å². The molecule has 4 heteroatoms. The van der Waals surface area contributed by atoms with Gasteiger partial charge in [0.05, 0.1) is 6.42 Å². The van der Waals surface area contributed by atoms with Crippen LogP contribution >= 0.6 is 0 Å². The average molecular weight is 324 g/mol. The van der Waals surface area contributed by atoms with E-state index in [-0.39, 0.29) is 11.9 Å². The number of rotatable bonds is 6. The molecule has 1 heterocycles.